The summed E-state index contributed by atoms with van der Waals surface area (Å²) in [6.45, 7) is 6.30. The van der Waals surface area contributed by atoms with Crippen molar-refractivity contribution < 1.29 is 4.74 Å². The minimum absolute atomic E-state index is 0.427. The first-order valence-electron chi connectivity index (χ1n) is 6.18. The zero-order chi connectivity index (χ0) is 12.3. The van der Waals surface area contributed by atoms with Gasteiger partial charge < -0.3 is 15.4 Å². The fraction of sp³-hybridized carbons (Fsp3) is 0.667. The van der Waals surface area contributed by atoms with Gasteiger partial charge in [-0.1, -0.05) is 0 Å². The van der Waals surface area contributed by atoms with Crippen LogP contribution in [0.2, 0.25) is 0 Å². The molecular formula is C12H20N4O. The van der Waals surface area contributed by atoms with E-state index in [1.165, 1.54) is 12.8 Å². The molecule has 1 atom stereocenters. The summed E-state index contributed by atoms with van der Waals surface area (Å²) in [7, 11) is 0. The van der Waals surface area contributed by atoms with E-state index in [-0.39, 0.29) is 0 Å². The molecule has 2 heterocycles. The summed E-state index contributed by atoms with van der Waals surface area (Å²) in [4.78, 5) is 11.0. The highest BCUT2D eigenvalue weighted by atomic mass is 16.5. The van der Waals surface area contributed by atoms with Crippen LogP contribution < -0.4 is 10.6 Å². The van der Waals surface area contributed by atoms with Gasteiger partial charge in [-0.15, -0.1) is 0 Å². The van der Waals surface area contributed by atoms with Crippen molar-refractivity contribution in [2.75, 3.05) is 23.8 Å². The van der Waals surface area contributed by atoms with Crippen LogP contribution in [0.15, 0.2) is 6.07 Å². The third-order valence-electron chi connectivity index (χ3n) is 3.06. The Hall–Kier alpha value is -1.36. The Balaban J connectivity index is 2.18. The van der Waals surface area contributed by atoms with Crippen LogP contribution >= 0.6 is 0 Å². The van der Waals surface area contributed by atoms with Crippen molar-refractivity contribution in [3.05, 3.63) is 11.9 Å². The molecule has 17 heavy (non-hydrogen) atoms. The molecule has 0 saturated carbocycles. The van der Waals surface area contributed by atoms with Crippen LogP contribution in [-0.4, -0.2) is 29.2 Å². The Morgan fingerprint density at radius 2 is 2.35 bits per heavy atom. The number of hydrogen-bond donors (Lipinski definition) is 1. The predicted octanol–water partition coefficient (Wildman–Crippen LogP) is 1.58. The molecule has 0 aromatic carbocycles. The number of nitrogen functional groups attached to an aromatic ring is 1. The van der Waals surface area contributed by atoms with Gasteiger partial charge in [0, 0.05) is 25.3 Å². The number of rotatable bonds is 4. The highest BCUT2D eigenvalue weighted by Crippen LogP contribution is 2.24. The third kappa shape index (κ3) is 2.85. The zero-order valence-electron chi connectivity index (χ0n) is 10.5. The lowest BCUT2D eigenvalue weighted by atomic mass is 10.2. The van der Waals surface area contributed by atoms with Gasteiger partial charge in [0.1, 0.15) is 18.2 Å². The summed E-state index contributed by atoms with van der Waals surface area (Å²) in [6, 6.07) is 2.38. The van der Waals surface area contributed by atoms with Crippen LogP contribution in [0.25, 0.3) is 0 Å². The maximum absolute atomic E-state index is 5.81. The number of hydrogen-bond acceptors (Lipinski definition) is 5. The Kier molecular flexibility index (Phi) is 3.78. The topological polar surface area (TPSA) is 64.3 Å². The van der Waals surface area contributed by atoms with E-state index >= 15 is 0 Å². The van der Waals surface area contributed by atoms with E-state index in [4.69, 9.17) is 10.5 Å². The quantitative estimate of drug-likeness (QED) is 0.860. The minimum atomic E-state index is 0.427. The Morgan fingerprint density at radius 3 is 3.00 bits per heavy atom. The molecule has 0 spiro atoms. The second-order valence-corrected chi connectivity index (χ2v) is 4.39. The summed E-state index contributed by atoms with van der Waals surface area (Å²) < 4.78 is 5.32. The Labute approximate surface area is 102 Å². The van der Waals surface area contributed by atoms with Gasteiger partial charge in [0.25, 0.3) is 0 Å². The summed E-state index contributed by atoms with van der Waals surface area (Å²) in [5, 5.41) is 0. The Morgan fingerprint density at radius 1 is 1.53 bits per heavy atom. The zero-order valence-corrected chi connectivity index (χ0v) is 10.5. The van der Waals surface area contributed by atoms with Crippen LogP contribution in [0.4, 0.5) is 11.6 Å². The monoisotopic (exact) mass is 236 g/mol. The minimum Gasteiger partial charge on any atom is -0.384 e. The standard InChI is InChI=1S/C12H20N4O/c1-3-17-8-11-14-10(13)7-12(15-11)16-6-4-5-9(16)2/h7,9H,3-6,8H2,1-2H3,(H2,13,14,15). The molecule has 1 aliphatic heterocycles. The van der Waals surface area contributed by atoms with Gasteiger partial charge in [-0.25, -0.2) is 9.97 Å². The molecule has 1 fully saturated rings. The third-order valence-corrected chi connectivity index (χ3v) is 3.06. The molecule has 0 aliphatic carbocycles. The first-order chi connectivity index (χ1) is 8.20. The van der Waals surface area contributed by atoms with Gasteiger partial charge in [-0.05, 0) is 26.7 Å². The normalized spacial score (nSPS) is 19.9. The van der Waals surface area contributed by atoms with Crippen molar-refractivity contribution in [2.45, 2.75) is 39.3 Å². The smallest absolute Gasteiger partial charge is 0.158 e. The lowest BCUT2D eigenvalue weighted by Crippen LogP contribution is -2.27. The lowest BCUT2D eigenvalue weighted by molar-refractivity contribution is 0.128. The van der Waals surface area contributed by atoms with E-state index in [1.807, 2.05) is 13.0 Å². The van der Waals surface area contributed by atoms with Gasteiger partial charge in [0.15, 0.2) is 5.82 Å². The van der Waals surface area contributed by atoms with Crippen molar-refractivity contribution in [1.29, 1.82) is 0 Å². The second kappa shape index (κ2) is 5.31. The second-order valence-electron chi connectivity index (χ2n) is 4.39. The van der Waals surface area contributed by atoms with E-state index in [2.05, 4.69) is 21.8 Å². The molecule has 0 amide bonds. The average molecular weight is 236 g/mol. The molecule has 2 rings (SSSR count). The van der Waals surface area contributed by atoms with Crippen LogP contribution in [0.5, 0.6) is 0 Å². The van der Waals surface area contributed by atoms with Crippen molar-refractivity contribution >= 4 is 11.6 Å². The lowest BCUT2D eigenvalue weighted by Gasteiger charge is -2.23. The van der Waals surface area contributed by atoms with Gasteiger partial charge in [0.05, 0.1) is 0 Å². The number of aromatic nitrogens is 2. The van der Waals surface area contributed by atoms with E-state index < -0.39 is 0 Å². The van der Waals surface area contributed by atoms with E-state index in [0.717, 1.165) is 12.4 Å². The van der Waals surface area contributed by atoms with Gasteiger partial charge in [-0.3, -0.25) is 0 Å². The Bertz CT molecular complexity index is 383. The first kappa shape index (κ1) is 12.1. The van der Waals surface area contributed by atoms with Crippen molar-refractivity contribution in [1.82, 2.24) is 9.97 Å². The molecule has 2 N–H and O–H groups in total. The molecule has 5 nitrogen and oxygen atoms in total. The maximum Gasteiger partial charge on any atom is 0.158 e. The largest absolute Gasteiger partial charge is 0.384 e. The molecule has 1 aromatic heterocycles. The van der Waals surface area contributed by atoms with Crippen molar-refractivity contribution in [3.8, 4) is 0 Å². The van der Waals surface area contributed by atoms with E-state index in [0.29, 0.717) is 30.9 Å². The fourth-order valence-electron chi connectivity index (χ4n) is 2.18. The summed E-state index contributed by atoms with van der Waals surface area (Å²) in [5.74, 6) is 2.11. The fourth-order valence-corrected chi connectivity index (χ4v) is 2.18. The van der Waals surface area contributed by atoms with Gasteiger partial charge in [0.2, 0.25) is 0 Å². The van der Waals surface area contributed by atoms with E-state index in [9.17, 15) is 0 Å². The molecule has 1 aliphatic rings. The van der Waals surface area contributed by atoms with Crippen LogP contribution in [-0.2, 0) is 11.3 Å². The first-order valence-corrected chi connectivity index (χ1v) is 6.18. The molecule has 1 saturated heterocycles. The summed E-state index contributed by atoms with van der Waals surface area (Å²) >= 11 is 0. The van der Waals surface area contributed by atoms with Crippen molar-refractivity contribution in [3.63, 3.8) is 0 Å². The number of nitrogens with zero attached hydrogens (tertiary/aromatic N) is 3. The van der Waals surface area contributed by atoms with E-state index in [1.54, 1.807) is 0 Å². The molecule has 1 unspecified atom stereocenters. The SMILES string of the molecule is CCOCc1nc(N)cc(N2CCCC2C)n1. The van der Waals surface area contributed by atoms with Crippen LogP contribution in [0.3, 0.4) is 0 Å². The highest BCUT2D eigenvalue weighted by molar-refractivity contribution is 5.48. The maximum atomic E-state index is 5.81. The van der Waals surface area contributed by atoms with Crippen LogP contribution in [0, 0.1) is 0 Å². The molecule has 5 heteroatoms. The van der Waals surface area contributed by atoms with Gasteiger partial charge in [-0.2, -0.15) is 0 Å². The summed E-state index contributed by atoms with van der Waals surface area (Å²) in [5.41, 5.74) is 5.81. The average Bonchev–Trinajstić information content (AvgIpc) is 2.72. The highest BCUT2D eigenvalue weighted by Gasteiger charge is 2.22. The summed E-state index contributed by atoms with van der Waals surface area (Å²) in [6.07, 6.45) is 2.43. The van der Waals surface area contributed by atoms with Crippen LogP contribution in [0.1, 0.15) is 32.5 Å². The van der Waals surface area contributed by atoms with Gasteiger partial charge >= 0.3 is 0 Å². The molecular weight excluding hydrogens is 216 g/mol. The number of anilines is 2. The molecule has 0 bridgehead atoms. The molecule has 1 aromatic rings. The molecule has 0 radical (unpaired) electrons. The molecule has 94 valence electrons. The number of nitrogens with two attached hydrogens (primary N) is 1. The van der Waals surface area contributed by atoms with Crippen molar-refractivity contribution in [2.24, 2.45) is 0 Å². The predicted molar refractivity (Wildman–Crippen MR) is 67.8 cm³/mol. The number of ether oxygens (including phenoxy) is 1.